The molecule has 2 aromatic carbocycles. The molecule has 1 aliphatic carbocycles. The van der Waals surface area contributed by atoms with E-state index in [1.165, 1.54) is 0 Å². The number of primary amides is 1. The molecule has 1 amide bonds. The highest BCUT2D eigenvalue weighted by Crippen LogP contribution is 2.38. The molecule has 0 spiro atoms. The van der Waals surface area contributed by atoms with Crippen LogP contribution in [0.5, 0.6) is 5.75 Å². The number of carbonyl (C=O) groups excluding carboxylic acids is 2. The maximum Gasteiger partial charge on any atom is 0.343 e. The van der Waals surface area contributed by atoms with Crippen molar-refractivity contribution < 1.29 is 24.2 Å². The van der Waals surface area contributed by atoms with E-state index >= 15 is 0 Å². The topological polar surface area (TPSA) is 98.8 Å². The van der Waals surface area contributed by atoms with Gasteiger partial charge in [-0.3, -0.25) is 4.79 Å². The molecule has 2 aromatic rings. The Balaban J connectivity index is 1.95. The minimum atomic E-state index is -1.10. The highest BCUT2D eigenvalue weighted by atomic mass is 16.6. The van der Waals surface area contributed by atoms with Crippen LogP contribution in [0.3, 0.4) is 0 Å². The van der Waals surface area contributed by atoms with Crippen molar-refractivity contribution in [3.8, 4) is 5.75 Å². The Kier molecular flexibility index (Phi) is 6.69. The molecule has 1 aliphatic rings. The van der Waals surface area contributed by atoms with Crippen molar-refractivity contribution in [2.45, 2.75) is 18.4 Å². The molecule has 0 heterocycles. The van der Waals surface area contributed by atoms with Crippen LogP contribution in [0, 0.1) is 5.92 Å². The van der Waals surface area contributed by atoms with Crippen LogP contribution in [-0.2, 0) is 9.53 Å². The number of hydrogen-bond acceptors (Lipinski definition) is 5. The van der Waals surface area contributed by atoms with E-state index in [0.29, 0.717) is 5.75 Å². The Labute approximate surface area is 175 Å². The van der Waals surface area contributed by atoms with Gasteiger partial charge in [-0.15, -0.1) is 0 Å². The molecular weight excluding hydrogens is 382 g/mol. The molecule has 1 atom stereocenters. The van der Waals surface area contributed by atoms with Gasteiger partial charge in [0.05, 0.1) is 12.5 Å². The van der Waals surface area contributed by atoms with Crippen molar-refractivity contribution in [2.75, 3.05) is 13.2 Å². The molecule has 6 nitrogen and oxygen atoms in total. The van der Waals surface area contributed by atoms with Gasteiger partial charge in [0.1, 0.15) is 17.9 Å². The average Bonchev–Trinajstić information content (AvgIpc) is 2.78. The van der Waals surface area contributed by atoms with E-state index in [9.17, 15) is 9.59 Å². The van der Waals surface area contributed by atoms with Crippen molar-refractivity contribution >= 4 is 11.9 Å². The highest BCUT2D eigenvalue weighted by molar-refractivity contribution is 5.93. The number of aliphatic hydroxyl groups is 1. The van der Waals surface area contributed by atoms with Crippen molar-refractivity contribution in [3.05, 3.63) is 90.0 Å². The fourth-order valence-electron chi connectivity index (χ4n) is 3.40. The second kappa shape index (κ2) is 9.41. The first-order valence-electron chi connectivity index (χ1n) is 9.76. The minimum Gasteiger partial charge on any atom is -0.490 e. The van der Waals surface area contributed by atoms with E-state index in [4.69, 9.17) is 20.3 Å². The zero-order valence-electron chi connectivity index (χ0n) is 16.7. The molecule has 156 valence electrons. The number of ether oxygens (including phenoxy) is 2. The van der Waals surface area contributed by atoms with Crippen LogP contribution < -0.4 is 10.5 Å². The average molecular weight is 407 g/mol. The number of benzene rings is 2. The number of hydrogen-bond donors (Lipinski definition) is 2. The first-order chi connectivity index (χ1) is 14.5. The molecule has 30 heavy (non-hydrogen) atoms. The van der Waals surface area contributed by atoms with Crippen molar-refractivity contribution in [1.29, 1.82) is 0 Å². The molecule has 0 unspecified atom stereocenters. The van der Waals surface area contributed by atoms with Crippen LogP contribution in [-0.4, -0.2) is 35.8 Å². The summed E-state index contributed by atoms with van der Waals surface area (Å²) in [6.45, 7) is 1.85. The number of esters is 1. The summed E-state index contributed by atoms with van der Waals surface area (Å²) >= 11 is 0. The maximum absolute atomic E-state index is 13.1. The summed E-state index contributed by atoms with van der Waals surface area (Å²) in [5.74, 6) is -1.50. The molecule has 0 saturated heterocycles. The lowest BCUT2D eigenvalue weighted by atomic mass is 9.79. The predicted octanol–water partition coefficient (Wildman–Crippen LogP) is 2.98. The second-order valence-corrected chi connectivity index (χ2v) is 7.09. The van der Waals surface area contributed by atoms with Crippen molar-refractivity contribution in [3.63, 3.8) is 0 Å². The third-order valence-corrected chi connectivity index (χ3v) is 5.16. The van der Waals surface area contributed by atoms with Crippen LogP contribution in [0.4, 0.5) is 0 Å². The lowest BCUT2D eigenvalue weighted by Crippen LogP contribution is -2.39. The van der Waals surface area contributed by atoms with Gasteiger partial charge < -0.3 is 20.3 Å². The molecule has 0 aliphatic heterocycles. The van der Waals surface area contributed by atoms with Gasteiger partial charge >= 0.3 is 5.97 Å². The fraction of sp³-hybridized carbons (Fsp3) is 0.250. The van der Waals surface area contributed by atoms with Gasteiger partial charge in [-0.2, -0.15) is 0 Å². The summed E-state index contributed by atoms with van der Waals surface area (Å²) in [4.78, 5) is 24.7. The minimum absolute atomic E-state index is 0.0654. The summed E-state index contributed by atoms with van der Waals surface area (Å²) in [5.41, 5.74) is 5.54. The quantitative estimate of drug-likeness (QED) is 0.518. The van der Waals surface area contributed by atoms with Crippen LogP contribution in [0.2, 0.25) is 0 Å². The van der Waals surface area contributed by atoms with Gasteiger partial charge in [0, 0.05) is 5.92 Å². The van der Waals surface area contributed by atoms with Gasteiger partial charge in [-0.25, -0.2) is 4.79 Å². The number of carbonyl (C=O) groups is 2. The number of rotatable bonds is 8. The first kappa shape index (κ1) is 21.3. The number of nitrogens with two attached hydrogens (primary N) is 1. The van der Waals surface area contributed by atoms with Gasteiger partial charge in [-0.05, 0) is 29.8 Å². The number of amides is 1. The van der Waals surface area contributed by atoms with Gasteiger partial charge in [0.25, 0.3) is 0 Å². The molecule has 6 heteroatoms. The van der Waals surface area contributed by atoms with Crippen LogP contribution in [0.1, 0.15) is 28.8 Å². The highest BCUT2D eigenvalue weighted by Gasteiger charge is 2.39. The monoisotopic (exact) mass is 407 g/mol. The molecule has 0 bridgehead atoms. The maximum atomic E-state index is 13.1. The Morgan fingerprint density at radius 1 is 1.07 bits per heavy atom. The van der Waals surface area contributed by atoms with E-state index < -0.39 is 23.4 Å². The third-order valence-electron chi connectivity index (χ3n) is 5.16. The number of aliphatic hydroxyl groups excluding tert-OH is 1. The van der Waals surface area contributed by atoms with E-state index in [2.05, 4.69) is 0 Å². The Morgan fingerprint density at radius 2 is 1.70 bits per heavy atom. The normalized spacial score (nSPS) is 21.1. The summed E-state index contributed by atoms with van der Waals surface area (Å²) in [6.07, 6.45) is 6.75. The summed E-state index contributed by atoms with van der Waals surface area (Å²) in [5, 5.41) is 9.03. The summed E-state index contributed by atoms with van der Waals surface area (Å²) in [6, 6.07) is 16.4. The first-order valence-corrected chi connectivity index (χ1v) is 9.76. The summed E-state index contributed by atoms with van der Waals surface area (Å²) in [7, 11) is 0. The van der Waals surface area contributed by atoms with Gasteiger partial charge in [-0.1, -0.05) is 61.5 Å². The second-order valence-electron chi connectivity index (χ2n) is 7.09. The van der Waals surface area contributed by atoms with Crippen LogP contribution in [0.25, 0.3) is 0 Å². The lowest BCUT2D eigenvalue weighted by Gasteiger charge is -2.36. The van der Waals surface area contributed by atoms with E-state index in [0.717, 1.165) is 5.56 Å². The SMILES string of the molecule is C[C@@H](c1ccccc1)C1(OC(=O)c2ccccc2OCCO)C=CC(C(N)=O)C=C1. The molecule has 0 saturated carbocycles. The zero-order chi connectivity index (χ0) is 21.6. The Bertz CT molecular complexity index is 937. The molecular formula is C24H25NO5. The molecule has 3 rings (SSSR count). The van der Waals surface area contributed by atoms with E-state index in [-0.39, 0.29) is 24.7 Å². The number of para-hydroxylation sites is 1. The fourth-order valence-corrected chi connectivity index (χ4v) is 3.40. The third kappa shape index (κ3) is 4.60. The van der Waals surface area contributed by atoms with Crippen LogP contribution in [0.15, 0.2) is 78.9 Å². The van der Waals surface area contributed by atoms with E-state index in [1.54, 1.807) is 48.6 Å². The van der Waals surface area contributed by atoms with Crippen molar-refractivity contribution in [2.24, 2.45) is 11.7 Å². The Hall–Kier alpha value is -3.38. The zero-order valence-corrected chi connectivity index (χ0v) is 16.7. The van der Waals surface area contributed by atoms with Gasteiger partial charge in [0.2, 0.25) is 5.91 Å². The van der Waals surface area contributed by atoms with Crippen LogP contribution >= 0.6 is 0 Å². The smallest absolute Gasteiger partial charge is 0.343 e. The molecule has 0 radical (unpaired) electrons. The molecule has 0 aromatic heterocycles. The predicted molar refractivity (Wildman–Crippen MR) is 113 cm³/mol. The van der Waals surface area contributed by atoms with Gasteiger partial charge in [0.15, 0.2) is 5.60 Å². The largest absolute Gasteiger partial charge is 0.490 e. The van der Waals surface area contributed by atoms with E-state index in [1.807, 2.05) is 37.3 Å². The lowest BCUT2D eigenvalue weighted by molar-refractivity contribution is -0.119. The Morgan fingerprint density at radius 3 is 2.33 bits per heavy atom. The molecule has 0 fully saturated rings. The summed E-state index contributed by atoms with van der Waals surface area (Å²) < 4.78 is 11.5. The molecule has 3 N–H and O–H groups in total. The standard InChI is InChI=1S/C24H25NO5/c1-17(18-7-3-2-4-8-18)24(13-11-19(12-14-24)22(25)27)30-23(28)20-9-5-6-10-21(20)29-16-15-26/h2-14,17,19,26H,15-16H2,1H3,(H2,25,27)/t17-,19?,24?/m0/s1. The van der Waals surface area contributed by atoms with Crippen molar-refractivity contribution in [1.82, 2.24) is 0 Å².